The van der Waals surface area contributed by atoms with E-state index in [0.29, 0.717) is 5.69 Å². The maximum atomic E-state index is 12.3. The van der Waals surface area contributed by atoms with Crippen molar-refractivity contribution in [1.29, 1.82) is 0 Å². The van der Waals surface area contributed by atoms with Crippen LogP contribution in [0.15, 0.2) is 93.5 Å². The highest BCUT2D eigenvalue weighted by Gasteiger charge is 2.15. The summed E-state index contributed by atoms with van der Waals surface area (Å²) < 4.78 is 28.3. The molecule has 0 spiro atoms. The monoisotopic (exact) mass is 441 g/mol. The van der Waals surface area contributed by atoms with Gasteiger partial charge in [0.1, 0.15) is 0 Å². The van der Waals surface area contributed by atoms with Gasteiger partial charge >= 0.3 is 5.97 Å². The van der Waals surface area contributed by atoms with E-state index < -0.39 is 28.3 Å². The molecule has 1 amide bonds. The zero-order chi connectivity index (χ0) is 21.6. The first-order valence-electron chi connectivity index (χ1n) is 8.92. The second-order valence-corrected chi connectivity index (χ2v) is 9.47. The third kappa shape index (κ3) is 5.95. The molecule has 30 heavy (non-hydrogen) atoms. The van der Waals surface area contributed by atoms with E-state index in [1.165, 1.54) is 36.0 Å². The van der Waals surface area contributed by atoms with E-state index >= 15 is 0 Å². The van der Waals surface area contributed by atoms with Gasteiger partial charge in [0, 0.05) is 16.0 Å². The molecule has 0 aliphatic carbocycles. The van der Waals surface area contributed by atoms with Crippen LogP contribution in [-0.2, 0) is 19.4 Å². The SMILES string of the molecule is CS(=O)(=O)c1cccc(C(=O)OCC(=O)Nc2ccccc2Sc2ccccc2)c1. The zero-order valence-corrected chi connectivity index (χ0v) is 17.7. The summed E-state index contributed by atoms with van der Waals surface area (Å²) in [6, 6.07) is 22.5. The van der Waals surface area contributed by atoms with Crippen molar-refractivity contribution >= 4 is 39.2 Å². The molecule has 154 valence electrons. The Labute approximate surface area is 179 Å². The Kier molecular flexibility index (Phi) is 6.91. The van der Waals surface area contributed by atoms with Crippen molar-refractivity contribution < 1.29 is 22.7 Å². The lowest BCUT2D eigenvalue weighted by Crippen LogP contribution is -2.21. The van der Waals surface area contributed by atoms with Crippen molar-refractivity contribution in [2.24, 2.45) is 0 Å². The summed E-state index contributed by atoms with van der Waals surface area (Å²) >= 11 is 1.50. The molecule has 0 aliphatic heterocycles. The molecule has 8 heteroatoms. The van der Waals surface area contributed by atoms with Gasteiger partial charge in [0.05, 0.1) is 16.1 Å². The van der Waals surface area contributed by atoms with Crippen LogP contribution in [0.25, 0.3) is 0 Å². The largest absolute Gasteiger partial charge is 0.452 e. The first-order chi connectivity index (χ1) is 14.3. The van der Waals surface area contributed by atoms with Gasteiger partial charge in [0.25, 0.3) is 5.91 Å². The third-order valence-corrected chi connectivity index (χ3v) is 6.16. The number of esters is 1. The number of hydrogen-bond acceptors (Lipinski definition) is 6. The van der Waals surface area contributed by atoms with E-state index in [9.17, 15) is 18.0 Å². The maximum Gasteiger partial charge on any atom is 0.338 e. The fraction of sp³-hybridized carbons (Fsp3) is 0.0909. The molecule has 0 saturated heterocycles. The highest BCUT2D eigenvalue weighted by Crippen LogP contribution is 2.33. The molecule has 0 bridgehead atoms. The number of para-hydroxylation sites is 1. The van der Waals surface area contributed by atoms with E-state index in [4.69, 9.17) is 4.74 Å². The maximum absolute atomic E-state index is 12.3. The van der Waals surface area contributed by atoms with Crippen LogP contribution in [-0.4, -0.2) is 33.2 Å². The number of rotatable bonds is 7. The number of sulfone groups is 1. The molecule has 0 fully saturated rings. The summed E-state index contributed by atoms with van der Waals surface area (Å²) in [5.74, 6) is -1.27. The first-order valence-corrected chi connectivity index (χ1v) is 11.6. The molecule has 0 saturated carbocycles. The predicted octanol–water partition coefficient (Wildman–Crippen LogP) is 4.04. The average Bonchev–Trinajstić information content (AvgIpc) is 2.74. The topological polar surface area (TPSA) is 89.5 Å². The van der Waals surface area contributed by atoms with Gasteiger partial charge in [-0.3, -0.25) is 4.79 Å². The Bertz CT molecular complexity index is 1160. The van der Waals surface area contributed by atoms with Gasteiger partial charge < -0.3 is 10.1 Å². The van der Waals surface area contributed by atoms with E-state index in [1.807, 2.05) is 42.5 Å². The summed E-state index contributed by atoms with van der Waals surface area (Å²) in [6.07, 6.45) is 1.05. The van der Waals surface area contributed by atoms with E-state index in [0.717, 1.165) is 16.0 Å². The van der Waals surface area contributed by atoms with Gasteiger partial charge in [-0.05, 0) is 42.5 Å². The van der Waals surface area contributed by atoms with Crippen LogP contribution < -0.4 is 5.32 Å². The van der Waals surface area contributed by atoms with Crippen LogP contribution in [0.4, 0.5) is 5.69 Å². The summed E-state index contributed by atoms with van der Waals surface area (Å²) in [6.45, 7) is -0.494. The minimum absolute atomic E-state index is 0.00765. The summed E-state index contributed by atoms with van der Waals surface area (Å²) in [5, 5.41) is 2.74. The van der Waals surface area contributed by atoms with Crippen LogP contribution in [0.1, 0.15) is 10.4 Å². The first kappa shape index (κ1) is 21.6. The second-order valence-electron chi connectivity index (χ2n) is 6.34. The molecule has 3 aromatic rings. The Hall–Kier alpha value is -3.10. The second kappa shape index (κ2) is 9.60. The van der Waals surface area contributed by atoms with Crippen molar-refractivity contribution in [2.75, 3.05) is 18.2 Å². The molecule has 0 heterocycles. The molecule has 3 aromatic carbocycles. The van der Waals surface area contributed by atoms with Crippen molar-refractivity contribution in [2.45, 2.75) is 14.7 Å². The standard InChI is InChI=1S/C22H19NO5S2/c1-30(26,27)18-11-7-8-16(14-18)22(25)28-15-21(24)23-19-12-5-6-13-20(19)29-17-9-3-2-4-10-17/h2-14H,15H2,1H3,(H,23,24). The summed E-state index contributed by atoms with van der Waals surface area (Å²) in [7, 11) is -3.45. The van der Waals surface area contributed by atoms with Crippen molar-refractivity contribution in [3.05, 3.63) is 84.4 Å². The summed E-state index contributed by atoms with van der Waals surface area (Å²) in [4.78, 5) is 26.4. The smallest absolute Gasteiger partial charge is 0.338 e. The molecular formula is C22H19NO5S2. The number of carbonyl (C=O) groups excluding carboxylic acids is 2. The van der Waals surface area contributed by atoms with Gasteiger partial charge in [-0.25, -0.2) is 13.2 Å². The lowest BCUT2D eigenvalue weighted by Gasteiger charge is -2.11. The number of nitrogens with one attached hydrogen (secondary N) is 1. The molecule has 0 aromatic heterocycles. The minimum Gasteiger partial charge on any atom is -0.452 e. The van der Waals surface area contributed by atoms with Crippen molar-refractivity contribution in [3.8, 4) is 0 Å². The fourth-order valence-electron chi connectivity index (χ4n) is 2.53. The van der Waals surface area contributed by atoms with Crippen LogP contribution in [0, 0.1) is 0 Å². The van der Waals surface area contributed by atoms with Crippen molar-refractivity contribution in [3.63, 3.8) is 0 Å². The molecule has 3 rings (SSSR count). The van der Waals surface area contributed by atoms with E-state index in [-0.39, 0.29) is 10.5 Å². The highest BCUT2D eigenvalue weighted by atomic mass is 32.2. The van der Waals surface area contributed by atoms with E-state index in [2.05, 4.69) is 5.32 Å². The van der Waals surface area contributed by atoms with Gasteiger partial charge in [-0.1, -0.05) is 48.2 Å². The Balaban J connectivity index is 1.62. The average molecular weight is 442 g/mol. The van der Waals surface area contributed by atoms with Gasteiger partial charge in [0.2, 0.25) is 0 Å². The van der Waals surface area contributed by atoms with Crippen LogP contribution >= 0.6 is 11.8 Å². The molecule has 0 aliphatic rings. The fourth-order valence-corrected chi connectivity index (χ4v) is 4.12. The molecular weight excluding hydrogens is 422 g/mol. The predicted molar refractivity (Wildman–Crippen MR) is 115 cm³/mol. The minimum atomic E-state index is -3.45. The van der Waals surface area contributed by atoms with Crippen LogP contribution in [0.5, 0.6) is 0 Å². The lowest BCUT2D eigenvalue weighted by molar-refractivity contribution is -0.119. The number of hydrogen-bond donors (Lipinski definition) is 1. The molecule has 6 nitrogen and oxygen atoms in total. The molecule has 0 atom stereocenters. The number of ether oxygens (including phenoxy) is 1. The van der Waals surface area contributed by atoms with E-state index in [1.54, 1.807) is 12.1 Å². The quantitative estimate of drug-likeness (QED) is 0.557. The van der Waals surface area contributed by atoms with Crippen molar-refractivity contribution in [1.82, 2.24) is 0 Å². The zero-order valence-electron chi connectivity index (χ0n) is 16.1. The lowest BCUT2D eigenvalue weighted by atomic mass is 10.2. The van der Waals surface area contributed by atoms with Gasteiger partial charge in [0.15, 0.2) is 16.4 Å². The van der Waals surface area contributed by atoms with Crippen LogP contribution in [0.2, 0.25) is 0 Å². The van der Waals surface area contributed by atoms with Crippen LogP contribution in [0.3, 0.4) is 0 Å². The van der Waals surface area contributed by atoms with Gasteiger partial charge in [-0.2, -0.15) is 0 Å². The Morgan fingerprint density at radius 2 is 1.63 bits per heavy atom. The number of anilines is 1. The number of benzene rings is 3. The summed E-state index contributed by atoms with van der Waals surface area (Å²) in [5.41, 5.74) is 0.664. The molecule has 0 unspecified atom stereocenters. The normalized spacial score (nSPS) is 11.0. The number of carbonyl (C=O) groups is 2. The third-order valence-electron chi connectivity index (χ3n) is 3.96. The highest BCUT2D eigenvalue weighted by molar-refractivity contribution is 7.99. The van der Waals surface area contributed by atoms with Gasteiger partial charge in [-0.15, -0.1) is 0 Å². The Morgan fingerprint density at radius 3 is 2.37 bits per heavy atom. The molecule has 1 N–H and O–H groups in total. The number of amides is 1. The Morgan fingerprint density at radius 1 is 0.933 bits per heavy atom. The molecule has 0 radical (unpaired) electrons.